The van der Waals surface area contributed by atoms with Crippen LogP contribution in [-0.4, -0.2) is 38.1 Å². The Labute approximate surface area is 124 Å². The standard InChI is InChI=1S/C15H24BrN3/c1-11(17)14-7-6-12(9-15(14)16)19-8-4-5-13(10-19)18(2)3/h6-7,9,11,13H,4-5,8,10,17H2,1-3H3/t11-,13?/m0/s1. The number of halogens is 1. The number of likely N-dealkylation sites (N-methyl/N-ethyl adjacent to an activating group) is 1. The molecule has 1 aromatic rings. The fraction of sp³-hybridized carbons (Fsp3) is 0.600. The summed E-state index contributed by atoms with van der Waals surface area (Å²) >= 11 is 3.64. The predicted octanol–water partition coefficient (Wildman–Crippen LogP) is 3.00. The van der Waals surface area contributed by atoms with Crippen molar-refractivity contribution in [1.82, 2.24) is 4.90 Å². The molecular formula is C15H24BrN3. The fourth-order valence-electron chi connectivity index (χ4n) is 2.69. The molecule has 1 aromatic carbocycles. The molecule has 2 atom stereocenters. The summed E-state index contributed by atoms with van der Waals surface area (Å²) in [5.74, 6) is 0. The largest absolute Gasteiger partial charge is 0.370 e. The molecule has 0 aromatic heterocycles. The van der Waals surface area contributed by atoms with Gasteiger partial charge >= 0.3 is 0 Å². The second kappa shape index (κ2) is 6.25. The van der Waals surface area contributed by atoms with Crippen LogP contribution in [0, 0.1) is 0 Å². The van der Waals surface area contributed by atoms with Crippen molar-refractivity contribution in [1.29, 1.82) is 0 Å². The van der Waals surface area contributed by atoms with E-state index in [1.807, 2.05) is 6.92 Å². The Balaban J connectivity index is 2.15. The Kier molecular flexibility index (Phi) is 4.87. The minimum atomic E-state index is 0.0688. The van der Waals surface area contributed by atoms with Gasteiger partial charge in [-0.05, 0) is 51.6 Å². The fourth-order valence-corrected chi connectivity index (χ4v) is 3.42. The average Bonchev–Trinajstić information content (AvgIpc) is 2.38. The van der Waals surface area contributed by atoms with Crippen LogP contribution >= 0.6 is 15.9 Å². The molecule has 1 saturated heterocycles. The van der Waals surface area contributed by atoms with E-state index in [4.69, 9.17) is 5.73 Å². The molecule has 1 aliphatic heterocycles. The van der Waals surface area contributed by atoms with Crippen molar-refractivity contribution in [2.24, 2.45) is 5.73 Å². The SMILES string of the molecule is C[C@H](N)c1ccc(N2CCCC(N(C)C)C2)cc1Br. The van der Waals surface area contributed by atoms with Gasteiger partial charge in [-0.2, -0.15) is 0 Å². The molecule has 4 heteroatoms. The van der Waals surface area contributed by atoms with Crippen molar-refractivity contribution >= 4 is 21.6 Å². The van der Waals surface area contributed by atoms with E-state index in [2.05, 4.69) is 58.0 Å². The summed E-state index contributed by atoms with van der Waals surface area (Å²) in [5.41, 5.74) is 8.42. The molecule has 19 heavy (non-hydrogen) atoms. The number of anilines is 1. The second-order valence-electron chi connectivity index (χ2n) is 5.70. The molecule has 0 radical (unpaired) electrons. The predicted molar refractivity (Wildman–Crippen MR) is 85.7 cm³/mol. The van der Waals surface area contributed by atoms with E-state index in [1.54, 1.807) is 0 Å². The Morgan fingerprint density at radius 3 is 2.74 bits per heavy atom. The number of nitrogens with zero attached hydrogens (tertiary/aromatic N) is 2. The molecule has 3 nitrogen and oxygen atoms in total. The third-order valence-corrected chi connectivity index (χ3v) is 4.65. The van der Waals surface area contributed by atoms with Gasteiger partial charge in [0.1, 0.15) is 0 Å². The first kappa shape index (κ1) is 14.8. The summed E-state index contributed by atoms with van der Waals surface area (Å²) in [6, 6.07) is 7.27. The molecule has 1 heterocycles. The zero-order valence-electron chi connectivity index (χ0n) is 12.1. The average molecular weight is 326 g/mol. The summed E-state index contributed by atoms with van der Waals surface area (Å²) < 4.78 is 1.12. The highest BCUT2D eigenvalue weighted by molar-refractivity contribution is 9.10. The van der Waals surface area contributed by atoms with E-state index >= 15 is 0 Å². The minimum absolute atomic E-state index is 0.0688. The molecule has 106 valence electrons. The van der Waals surface area contributed by atoms with Gasteiger partial charge in [0.15, 0.2) is 0 Å². The molecule has 1 aliphatic rings. The molecule has 0 aliphatic carbocycles. The van der Waals surface area contributed by atoms with E-state index in [9.17, 15) is 0 Å². The van der Waals surface area contributed by atoms with Gasteiger partial charge in [0.2, 0.25) is 0 Å². The monoisotopic (exact) mass is 325 g/mol. The topological polar surface area (TPSA) is 32.5 Å². The molecule has 0 spiro atoms. The molecular weight excluding hydrogens is 302 g/mol. The van der Waals surface area contributed by atoms with Gasteiger partial charge in [-0.1, -0.05) is 22.0 Å². The van der Waals surface area contributed by atoms with Crippen LogP contribution in [0.15, 0.2) is 22.7 Å². The zero-order valence-corrected chi connectivity index (χ0v) is 13.7. The smallest absolute Gasteiger partial charge is 0.0378 e. The molecule has 0 saturated carbocycles. The second-order valence-corrected chi connectivity index (χ2v) is 6.55. The van der Waals surface area contributed by atoms with Crippen molar-refractivity contribution < 1.29 is 0 Å². The lowest BCUT2D eigenvalue weighted by atomic mass is 10.0. The van der Waals surface area contributed by atoms with E-state index in [0.29, 0.717) is 6.04 Å². The van der Waals surface area contributed by atoms with E-state index < -0.39 is 0 Å². The van der Waals surface area contributed by atoms with Gasteiger partial charge in [-0.3, -0.25) is 0 Å². The minimum Gasteiger partial charge on any atom is -0.370 e. The molecule has 1 fully saturated rings. The number of benzene rings is 1. The number of hydrogen-bond donors (Lipinski definition) is 1. The maximum absolute atomic E-state index is 5.95. The van der Waals surface area contributed by atoms with E-state index in [0.717, 1.165) is 17.6 Å². The van der Waals surface area contributed by atoms with Gasteiger partial charge in [0, 0.05) is 35.3 Å². The van der Waals surface area contributed by atoms with Gasteiger partial charge < -0.3 is 15.5 Å². The van der Waals surface area contributed by atoms with Crippen molar-refractivity contribution in [3.8, 4) is 0 Å². The van der Waals surface area contributed by atoms with Crippen LogP contribution in [0.1, 0.15) is 31.4 Å². The van der Waals surface area contributed by atoms with Crippen LogP contribution in [0.25, 0.3) is 0 Å². The number of rotatable bonds is 3. The van der Waals surface area contributed by atoms with Gasteiger partial charge in [-0.25, -0.2) is 0 Å². The Hall–Kier alpha value is -0.580. The van der Waals surface area contributed by atoms with Crippen LogP contribution in [0.4, 0.5) is 5.69 Å². The highest BCUT2D eigenvalue weighted by Crippen LogP contribution is 2.29. The summed E-state index contributed by atoms with van der Waals surface area (Å²) in [6.45, 7) is 4.27. The Bertz CT molecular complexity index is 431. The van der Waals surface area contributed by atoms with Gasteiger partial charge in [0.05, 0.1) is 0 Å². The first-order valence-electron chi connectivity index (χ1n) is 6.95. The maximum Gasteiger partial charge on any atom is 0.0378 e. The van der Waals surface area contributed by atoms with Gasteiger partial charge in [-0.15, -0.1) is 0 Å². The molecule has 1 unspecified atom stereocenters. The maximum atomic E-state index is 5.95. The lowest BCUT2D eigenvalue weighted by Gasteiger charge is -2.37. The Morgan fingerprint density at radius 1 is 1.42 bits per heavy atom. The third-order valence-electron chi connectivity index (χ3n) is 3.97. The van der Waals surface area contributed by atoms with Crippen LogP contribution in [0.2, 0.25) is 0 Å². The van der Waals surface area contributed by atoms with E-state index in [-0.39, 0.29) is 6.04 Å². The summed E-state index contributed by atoms with van der Waals surface area (Å²) in [7, 11) is 4.34. The van der Waals surface area contributed by atoms with Crippen molar-refractivity contribution in [3.05, 3.63) is 28.2 Å². The number of hydrogen-bond acceptors (Lipinski definition) is 3. The molecule has 2 N–H and O–H groups in total. The molecule has 0 bridgehead atoms. The lowest BCUT2D eigenvalue weighted by Crippen LogP contribution is -2.45. The van der Waals surface area contributed by atoms with Crippen LogP contribution < -0.4 is 10.6 Å². The van der Waals surface area contributed by atoms with Crippen molar-refractivity contribution in [3.63, 3.8) is 0 Å². The van der Waals surface area contributed by atoms with E-state index in [1.165, 1.54) is 24.1 Å². The first-order valence-corrected chi connectivity index (χ1v) is 7.74. The summed E-state index contributed by atoms with van der Waals surface area (Å²) in [6.07, 6.45) is 2.55. The van der Waals surface area contributed by atoms with Crippen LogP contribution in [0.3, 0.4) is 0 Å². The third kappa shape index (κ3) is 3.50. The first-order chi connectivity index (χ1) is 8.99. The molecule has 0 amide bonds. The number of piperidine rings is 1. The Morgan fingerprint density at radius 2 is 2.16 bits per heavy atom. The quantitative estimate of drug-likeness (QED) is 0.927. The number of nitrogens with two attached hydrogens (primary N) is 1. The van der Waals surface area contributed by atoms with Crippen molar-refractivity contribution in [2.75, 3.05) is 32.1 Å². The zero-order chi connectivity index (χ0) is 14.0. The summed E-state index contributed by atoms with van der Waals surface area (Å²) in [5, 5.41) is 0. The lowest BCUT2D eigenvalue weighted by molar-refractivity contribution is 0.258. The van der Waals surface area contributed by atoms with Crippen molar-refractivity contribution in [2.45, 2.75) is 31.8 Å². The summed E-state index contributed by atoms with van der Waals surface area (Å²) in [4.78, 5) is 4.81. The normalized spacial score (nSPS) is 21.8. The molecule has 2 rings (SSSR count). The van der Waals surface area contributed by atoms with Crippen LogP contribution in [0.5, 0.6) is 0 Å². The van der Waals surface area contributed by atoms with Gasteiger partial charge in [0.25, 0.3) is 0 Å². The van der Waals surface area contributed by atoms with Crippen LogP contribution in [-0.2, 0) is 0 Å². The highest BCUT2D eigenvalue weighted by atomic mass is 79.9. The highest BCUT2D eigenvalue weighted by Gasteiger charge is 2.22.